The van der Waals surface area contributed by atoms with Crippen molar-refractivity contribution in [1.29, 1.82) is 0 Å². The summed E-state index contributed by atoms with van der Waals surface area (Å²) in [4.78, 5) is 7.74. The second-order valence-electron chi connectivity index (χ2n) is 8.34. The molecular formula is C25H22N2O6. The standard InChI is InChI=1S/C25H22N2O6/c28-18-2-1-3-19(29)22(18)14-6-4-13(5-7-14)15-8-9-16-17(10-15)27-25(26-16)33-21-12-32-23-20(30)11-31-24(21)23/h1-10,20-21,23-24,28-30H,11-12H2,(H,26,27)/t20-,21+,23-,24-/m1/s1. The maximum absolute atomic E-state index is 10.1. The van der Waals surface area contributed by atoms with Crippen LogP contribution < -0.4 is 4.74 Å². The molecular weight excluding hydrogens is 424 g/mol. The molecule has 3 heterocycles. The van der Waals surface area contributed by atoms with Crippen LogP contribution in [-0.4, -0.2) is 62.9 Å². The zero-order chi connectivity index (χ0) is 22.5. The van der Waals surface area contributed by atoms with E-state index in [1.807, 2.05) is 42.5 Å². The van der Waals surface area contributed by atoms with Gasteiger partial charge in [0.1, 0.15) is 29.8 Å². The molecule has 3 aromatic carbocycles. The number of hydrogen-bond donors (Lipinski definition) is 4. The molecule has 168 valence electrons. The van der Waals surface area contributed by atoms with Gasteiger partial charge in [-0.05, 0) is 41.0 Å². The van der Waals surface area contributed by atoms with Crippen LogP contribution in [0.15, 0.2) is 60.7 Å². The summed E-state index contributed by atoms with van der Waals surface area (Å²) in [5.41, 5.74) is 4.68. The number of fused-ring (bicyclic) bond motifs is 2. The molecule has 0 saturated carbocycles. The number of nitrogens with one attached hydrogen (secondary N) is 1. The molecule has 2 saturated heterocycles. The van der Waals surface area contributed by atoms with E-state index >= 15 is 0 Å². The Balaban J connectivity index is 1.24. The van der Waals surface area contributed by atoms with Gasteiger partial charge in [0.2, 0.25) is 0 Å². The minimum absolute atomic E-state index is 0.0321. The van der Waals surface area contributed by atoms with Gasteiger partial charge in [0, 0.05) is 0 Å². The normalized spacial score (nSPS) is 24.3. The number of aliphatic hydroxyl groups is 1. The first-order valence-electron chi connectivity index (χ1n) is 10.8. The van der Waals surface area contributed by atoms with E-state index in [1.54, 1.807) is 18.2 Å². The number of rotatable bonds is 4. The molecule has 0 bridgehead atoms. The van der Waals surface area contributed by atoms with Gasteiger partial charge < -0.3 is 34.5 Å². The highest BCUT2D eigenvalue weighted by molar-refractivity contribution is 5.83. The molecule has 0 aliphatic carbocycles. The highest BCUT2D eigenvalue weighted by Gasteiger charge is 2.48. The number of aromatic nitrogens is 2. The lowest BCUT2D eigenvalue weighted by Gasteiger charge is -2.15. The quantitative estimate of drug-likeness (QED) is 0.380. The molecule has 1 aromatic heterocycles. The van der Waals surface area contributed by atoms with E-state index in [2.05, 4.69) is 9.97 Å². The van der Waals surface area contributed by atoms with Crippen molar-refractivity contribution in [2.45, 2.75) is 24.4 Å². The first kappa shape index (κ1) is 20.0. The lowest BCUT2D eigenvalue weighted by molar-refractivity contribution is 0.00706. The average molecular weight is 446 g/mol. The summed E-state index contributed by atoms with van der Waals surface area (Å²) in [6.45, 7) is 0.592. The van der Waals surface area contributed by atoms with Crippen LogP contribution in [0, 0.1) is 0 Å². The molecule has 2 aliphatic rings. The third-order valence-electron chi connectivity index (χ3n) is 6.23. The monoisotopic (exact) mass is 446 g/mol. The van der Waals surface area contributed by atoms with Crippen LogP contribution in [-0.2, 0) is 9.47 Å². The Labute approximate surface area is 189 Å². The summed E-state index contributed by atoms with van der Waals surface area (Å²) in [6.07, 6.45) is -1.60. The lowest BCUT2D eigenvalue weighted by atomic mass is 9.99. The van der Waals surface area contributed by atoms with Crippen molar-refractivity contribution in [3.05, 3.63) is 60.7 Å². The first-order valence-corrected chi connectivity index (χ1v) is 10.8. The minimum atomic E-state index is -0.622. The van der Waals surface area contributed by atoms with E-state index in [-0.39, 0.29) is 36.4 Å². The largest absolute Gasteiger partial charge is 0.507 e. The van der Waals surface area contributed by atoms with Crippen molar-refractivity contribution < 1.29 is 29.5 Å². The van der Waals surface area contributed by atoms with Crippen LogP contribution >= 0.6 is 0 Å². The zero-order valence-corrected chi connectivity index (χ0v) is 17.5. The molecule has 0 radical (unpaired) electrons. The zero-order valence-electron chi connectivity index (χ0n) is 17.5. The molecule has 8 heteroatoms. The van der Waals surface area contributed by atoms with Gasteiger partial charge in [-0.3, -0.25) is 0 Å². The van der Waals surface area contributed by atoms with Gasteiger partial charge in [0.15, 0.2) is 6.10 Å². The summed E-state index contributed by atoms with van der Waals surface area (Å²) >= 11 is 0. The van der Waals surface area contributed by atoms with Gasteiger partial charge >= 0.3 is 0 Å². The van der Waals surface area contributed by atoms with Gasteiger partial charge in [-0.25, -0.2) is 0 Å². The molecule has 0 amide bonds. The fraction of sp³-hybridized carbons (Fsp3) is 0.240. The van der Waals surface area contributed by atoms with Crippen LogP contribution in [0.3, 0.4) is 0 Å². The highest BCUT2D eigenvalue weighted by Crippen LogP contribution is 2.38. The number of nitrogens with zero attached hydrogens (tertiary/aromatic N) is 1. The van der Waals surface area contributed by atoms with Crippen molar-refractivity contribution in [2.24, 2.45) is 0 Å². The molecule has 4 aromatic rings. The minimum Gasteiger partial charge on any atom is -0.507 e. The van der Waals surface area contributed by atoms with E-state index < -0.39 is 6.10 Å². The van der Waals surface area contributed by atoms with E-state index in [1.165, 1.54) is 0 Å². The average Bonchev–Trinajstić information content (AvgIpc) is 3.50. The maximum atomic E-state index is 10.1. The van der Waals surface area contributed by atoms with E-state index in [0.29, 0.717) is 18.2 Å². The SMILES string of the molecule is Oc1cccc(O)c1-c1ccc(-c2ccc3[nH]c(O[C@H]4CO[C@H]5[C@@H]4OC[C@H]5O)nc3c2)cc1. The number of hydrogen-bond acceptors (Lipinski definition) is 7. The molecule has 2 aliphatic heterocycles. The molecule has 4 atom stereocenters. The molecule has 2 fully saturated rings. The summed E-state index contributed by atoms with van der Waals surface area (Å²) in [6, 6.07) is 18.6. The number of ether oxygens (including phenoxy) is 3. The smallest absolute Gasteiger partial charge is 0.295 e. The van der Waals surface area contributed by atoms with Crippen LogP contribution in [0.1, 0.15) is 0 Å². The predicted octanol–water partition coefficient (Wildman–Crippen LogP) is 3.21. The Bertz CT molecular complexity index is 1300. The fourth-order valence-electron chi connectivity index (χ4n) is 4.56. The number of aliphatic hydroxyl groups excluding tert-OH is 1. The number of aromatic hydroxyl groups is 2. The molecule has 6 rings (SSSR count). The van der Waals surface area contributed by atoms with Gasteiger partial charge in [0.25, 0.3) is 6.01 Å². The Kier molecular flexibility index (Phi) is 4.72. The molecule has 0 spiro atoms. The van der Waals surface area contributed by atoms with Crippen molar-refractivity contribution in [3.8, 4) is 39.8 Å². The molecule has 8 nitrogen and oxygen atoms in total. The lowest BCUT2D eigenvalue weighted by Crippen LogP contribution is -2.34. The number of phenols is 2. The number of imidazole rings is 1. The van der Waals surface area contributed by atoms with Gasteiger partial charge in [0.05, 0.1) is 29.8 Å². The Morgan fingerprint density at radius 3 is 2.33 bits per heavy atom. The third kappa shape index (κ3) is 3.48. The highest BCUT2D eigenvalue weighted by atomic mass is 16.6. The first-order chi connectivity index (χ1) is 16.1. The molecule has 0 unspecified atom stereocenters. The van der Waals surface area contributed by atoms with Crippen molar-refractivity contribution in [3.63, 3.8) is 0 Å². The molecule has 4 N–H and O–H groups in total. The van der Waals surface area contributed by atoms with E-state index in [4.69, 9.17) is 14.2 Å². The number of aromatic amines is 1. The topological polar surface area (TPSA) is 117 Å². The second-order valence-corrected chi connectivity index (χ2v) is 8.34. The fourth-order valence-corrected chi connectivity index (χ4v) is 4.56. The number of phenolic OH excluding ortho intramolecular Hbond substituents is 2. The summed E-state index contributed by atoms with van der Waals surface area (Å²) < 4.78 is 17.2. The van der Waals surface area contributed by atoms with Crippen molar-refractivity contribution >= 4 is 11.0 Å². The summed E-state index contributed by atoms with van der Waals surface area (Å²) in [7, 11) is 0. The maximum Gasteiger partial charge on any atom is 0.295 e. The number of benzene rings is 3. The van der Waals surface area contributed by atoms with Crippen LogP contribution in [0.2, 0.25) is 0 Å². The Morgan fingerprint density at radius 2 is 1.55 bits per heavy atom. The van der Waals surface area contributed by atoms with E-state index in [9.17, 15) is 15.3 Å². The Morgan fingerprint density at radius 1 is 0.848 bits per heavy atom. The number of H-pyrrole nitrogens is 1. The van der Waals surface area contributed by atoms with E-state index in [0.717, 1.165) is 27.7 Å². The molecule has 33 heavy (non-hydrogen) atoms. The second kappa shape index (κ2) is 7.77. The predicted molar refractivity (Wildman–Crippen MR) is 120 cm³/mol. The van der Waals surface area contributed by atoms with Gasteiger partial charge in [-0.15, -0.1) is 0 Å². The summed E-state index contributed by atoms with van der Waals surface area (Å²) in [5, 5.41) is 30.1. The summed E-state index contributed by atoms with van der Waals surface area (Å²) in [5.74, 6) is 0.0643. The van der Waals surface area contributed by atoms with Crippen LogP contribution in [0.4, 0.5) is 0 Å². The van der Waals surface area contributed by atoms with Gasteiger partial charge in [-0.2, -0.15) is 4.98 Å². The van der Waals surface area contributed by atoms with Crippen LogP contribution in [0.5, 0.6) is 17.5 Å². The van der Waals surface area contributed by atoms with Crippen molar-refractivity contribution in [1.82, 2.24) is 9.97 Å². The van der Waals surface area contributed by atoms with Crippen LogP contribution in [0.25, 0.3) is 33.3 Å². The Hall–Kier alpha value is -3.59. The van der Waals surface area contributed by atoms with Gasteiger partial charge in [-0.1, -0.05) is 36.4 Å². The van der Waals surface area contributed by atoms with Crippen molar-refractivity contribution in [2.75, 3.05) is 13.2 Å². The third-order valence-corrected chi connectivity index (χ3v) is 6.23.